The molecule has 0 saturated heterocycles. The van der Waals surface area contributed by atoms with Crippen molar-refractivity contribution in [2.45, 2.75) is 18.3 Å². The van der Waals surface area contributed by atoms with E-state index in [2.05, 4.69) is 36.8 Å². The average molecular weight is 581 g/mol. The van der Waals surface area contributed by atoms with E-state index < -0.39 is 0 Å². The number of halogens is 3. The Morgan fingerprint density at radius 1 is 1.06 bits per heavy atom. The van der Waals surface area contributed by atoms with E-state index in [0.29, 0.717) is 24.7 Å². The van der Waals surface area contributed by atoms with Gasteiger partial charge in [-0.15, -0.1) is 17.5 Å². The second-order valence-electron chi connectivity index (χ2n) is 7.26. The number of rotatable bonds is 11. The van der Waals surface area contributed by atoms with Crippen LogP contribution in [-0.4, -0.2) is 39.6 Å². The van der Waals surface area contributed by atoms with Gasteiger partial charge in [-0.1, -0.05) is 42.1 Å². The van der Waals surface area contributed by atoms with Gasteiger partial charge in [-0.05, 0) is 73.9 Å². The SMILES string of the molecule is COc1cc(CNCCSc2nnnn2-c2ccccc2)cc(Br)c1OCc1ccc(F)cc1.Cl. The highest BCUT2D eigenvalue weighted by atomic mass is 79.9. The van der Waals surface area contributed by atoms with Crippen LogP contribution < -0.4 is 14.8 Å². The van der Waals surface area contributed by atoms with Gasteiger partial charge in [-0.25, -0.2) is 4.39 Å². The van der Waals surface area contributed by atoms with Crippen LogP contribution in [0.3, 0.4) is 0 Å². The lowest BCUT2D eigenvalue weighted by Crippen LogP contribution is -2.17. The maximum absolute atomic E-state index is 13.1. The van der Waals surface area contributed by atoms with Gasteiger partial charge in [-0.2, -0.15) is 4.68 Å². The summed E-state index contributed by atoms with van der Waals surface area (Å²) in [5.74, 6) is 1.78. The van der Waals surface area contributed by atoms with Crippen molar-refractivity contribution in [3.05, 3.63) is 88.1 Å². The predicted octanol–water partition coefficient (Wildman–Crippen LogP) is 5.46. The van der Waals surface area contributed by atoms with Gasteiger partial charge in [0.05, 0.1) is 17.3 Å². The molecule has 0 unspecified atom stereocenters. The van der Waals surface area contributed by atoms with Gasteiger partial charge in [0.15, 0.2) is 11.5 Å². The quantitative estimate of drug-likeness (QED) is 0.187. The highest BCUT2D eigenvalue weighted by Crippen LogP contribution is 2.37. The minimum Gasteiger partial charge on any atom is -0.493 e. The lowest BCUT2D eigenvalue weighted by Gasteiger charge is -2.15. The van der Waals surface area contributed by atoms with Crippen LogP contribution in [0.25, 0.3) is 5.69 Å². The maximum atomic E-state index is 13.1. The van der Waals surface area contributed by atoms with Crippen LogP contribution in [0.2, 0.25) is 0 Å². The van der Waals surface area contributed by atoms with E-state index in [1.807, 2.05) is 42.5 Å². The molecule has 0 spiro atoms. The van der Waals surface area contributed by atoms with Gasteiger partial charge in [0, 0.05) is 18.8 Å². The number of nitrogens with zero attached hydrogens (tertiary/aromatic N) is 4. The van der Waals surface area contributed by atoms with E-state index in [0.717, 1.165) is 38.7 Å². The van der Waals surface area contributed by atoms with Crippen molar-refractivity contribution in [3.8, 4) is 17.2 Å². The molecule has 0 saturated carbocycles. The summed E-state index contributed by atoms with van der Waals surface area (Å²) in [7, 11) is 1.61. The molecular formula is C24H24BrClFN5O2S. The lowest BCUT2D eigenvalue weighted by atomic mass is 10.2. The standard InChI is InChI=1S/C24H23BrFN5O2S.ClH/c1-32-22-14-18(13-21(25)23(22)33-16-17-7-9-19(26)10-8-17)15-27-11-12-34-24-28-29-30-31(24)20-5-3-2-4-6-20;/h2-10,13-14,27H,11-12,15-16H2,1H3;1H. The van der Waals surface area contributed by atoms with E-state index in [4.69, 9.17) is 9.47 Å². The molecule has 0 aliphatic rings. The zero-order valence-electron chi connectivity index (χ0n) is 18.9. The van der Waals surface area contributed by atoms with Gasteiger partial charge in [0.25, 0.3) is 0 Å². The van der Waals surface area contributed by atoms with Crippen molar-refractivity contribution in [1.82, 2.24) is 25.5 Å². The fourth-order valence-electron chi connectivity index (χ4n) is 3.20. The number of ether oxygens (including phenoxy) is 2. The molecule has 11 heteroatoms. The van der Waals surface area contributed by atoms with Crippen LogP contribution in [0.1, 0.15) is 11.1 Å². The molecule has 1 aromatic heterocycles. The van der Waals surface area contributed by atoms with Crippen LogP contribution in [0.4, 0.5) is 4.39 Å². The fraction of sp³-hybridized carbons (Fsp3) is 0.208. The minimum absolute atomic E-state index is 0. The summed E-state index contributed by atoms with van der Waals surface area (Å²) in [5.41, 5.74) is 2.86. The number of benzene rings is 3. The van der Waals surface area contributed by atoms with Gasteiger partial charge in [0.2, 0.25) is 5.16 Å². The Balaban J connectivity index is 0.00000342. The van der Waals surface area contributed by atoms with Crippen molar-refractivity contribution in [3.63, 3.8) is 0 Å². The molecule has 0 atom stereocenters. The number of aromatic nitrogens is 4. The fourth-order valence-corrected chi connectivity index (χ4v) is 4.59. The molecule has 184 valence electrons. The number of thioether (sulfide) groups is 1. The van der Waals surface area contributed by atoms with Crippen LogP contribution in [0.5, 0.6) is 11.5 Å². The lowest BCUT2D eigenvalue weighted by molar-refractivity contribution is 0.282. The number of hydrogen-bond donors (Lipinski definition) is 1. The third-order valence-electron chi connectivity index (χ3n) is 4.87. The Kier molecular flexibility index (Phi) is 10.3. The second kappa shape index (κ2) is 13.4. The smallest absolute Gasteiger partial charge is 0.214 e. The molecule has 1 heterocycles. The summed E-state index contributed by atoms with van der Waals surface area (Å²) in [5, 5.41) is 16.2. The third-order valence-corrected chi connectivity index (χ3v) is 6.38. The van der Waals surface area contributed by atoms with E-state index in [9.17, 15) is 4.39 Å². The Morgan fingerprint density at radius 3 is 2.57 bits per heavy atom. The average Bonchev–Trinajstić information content (AvgIpc) is 3.33. The molecule has 0 aliphatic carbocycles. The number of hydrogen-bond acceptors (Lipinski definition) is 7. The van der Waals surface area contributed by atoms with Crippen LogP contribution >= 0.6 is 40.1 Å². The molecule has 35 heavy (non-hydrogen) atoms. The highest BCUT2D eigenvalue weighted by Gasteiger charge is 2.13. The number of methoxy groups -OCH3 is 1. The van der Waals surface area contributed by atoms with Gasteiger partial charge in [-0.3, -0.25) is 0 Å². The molecule has 3 aromatic carbocycles. The first-order valence-electron chi connectivity index (χ1n) is 10.5. The summed E-state index contributed by atoms with van der Waals surface area (Å²) in [6, 6.07) is 20.0. The minimum atomic E-state index is -0.271. The molecular weight excluding hydrogens is 557 g/mol. The van der Waals surface area contributed by atoms with Crippen molar-refractivity contribution in [2.75, 3.05) is 19.4 Å². The summed E-state index contributed by atoms with van der Waals surface area (Å²) >= 11 is 5.17. The maximum Gasteiger partial charge on any atom is 0.214 e. The first-order chi connectivity index (χ1) is 16.6. The summed E-state index contributed by atoms with van der Waals surface area (Å²) in [4.78, 5) is 0. The first-order valence-corrected chi connectivity index (χ1v) is 12.3. The highest BCUT2D eigenvalue weighted by molar-refractivity contribution is 9.10. The zero-order valence-corrected chi connectivity index (χ0v) is 22.1. The van der Waals surface area contributed by atoms with Gasteiger partial charge in [0.1, 0.15) is 12.4 Å². The molecule has 1 N–H and O–H groups in total. The molecule has 0 aliphatic heterocycles. The van der Waals surface area contributed by atoms with Crippen molar-refractivity contribution in [1.29, 1.82) is 0 Å². The Labute approximate surface area is 221 Å². The summed E-state index contributed by atoms with van der Waals surface area (Å²) in [6.45, 7) is 1.75. The normalized spacial score (nSPS) is 10.6. The number of para-hydroxylation sites is 1. The first kappa shape index (κ1) is 26.9. The van der Waals surface area contributed by atoms with E-state index in [1.165, 1.54) is 12.1 Å². The number of nitrogens with one attached hydrogen (secondary N) is 1. The van der Waals surface area contributed by atoms with E-state index in [-0.39, 0.29) is 18.2 Å². The van der Waals surface area contributed by atoms with Gasteiger partial charge >= 0.3 is 0 Å². The molecule has 4 aromatic rings. The van der Waals surface area contributed by atoms with Crippen LogP contribution in [-0.2, 0) is 13.2 Å². The van der Waals surface area contributed by atoms with Crippen molar-refractivity contribution in [2.24, 2.45) is 0 Å². The second-order valence-corrected chi connectivity index (χ2v) is 9.17. The predicted molar refractivity (Wildman–Crippen MR) is 140 cm³/mol. The van der Waals surface area contributed by atoms with E-state index in [1.54, 1.807) is 35.7 Å². The van der Waals surface area contributed by atoms with E-state index >= 15 is 0 Å². The Morgan fingerprint density at radius 2 is 1.83 bits per heavy atom. The summed E-state index contributed by atoms with van der Waals surface area (Å²) in [6.07, 6.45) is 0. The van der Waals surface area contributed by atoms with Crippen LogP contribution in [0, 0.1) is 5.82 Å². The zero-order chi connectivity index (χ0) is 23.8. The molecule has 7 nitrogen and oxygen atoms in total. The van der Waals surface area contributed by atoms with Crippen molar-refractivity contribution < 1.29 is 13.9 Å². The topological polar surface area (TPSA) is 74.1 Å². The number of tetrazole rings is 1. The molecule has 0 amide bonds. The molecule has 0 fully saturated rings. The monoisotopic (exact) mass is 579 g/mol. The Hall–Kier alpha value is -2.66. The molecule has 0 radical (unpaired) electrons. The van der Waals surface area contributed by atoms with Gasteiger partial charge < -0.3 is 14.8 Å². The summed E-state index contributed by atoms with van der Waals surface area (Å²) < 4.78 is 27.1. The van der Waals surface area contributed by atoms with Crippen molar-refractivity contribution >= 4 is 40.1 Å². The molecule has 0 bridgehead atoms. The molecule has 4 rings (SSSR count). The Bertz CT molecular complexity index is 1210. The van der Waals surface area contributed by atoms with Crippen LogP contribution in [0.15, 0.2) is 76.4 Å². The largest absolute Gasteiger partial charge is 0.493 e. The third kappa shape index (κ3) is 7.41.